The van der Waals surface area contributed by atoms with Crippen LogP contribution >= 0.6 is 0 Å². The number of benzene rings is 1. The molecule has 0 radical (unpaired) electrons. The third-order valence-electron chi connectivity index (χ3n) is 8.92. The molecule has 3 aliphatic rings. The topological polar surface area (TPSA) is 187 Å². The van der Waals surface area contributed by atoms with Crippen LogP contribution in [0, 0.1) is 5.92 Å². The lowest BCUT2D eigenvalue weighted by Crippen LogP contribution is -2.46. The largest absolute Gasteiger partial charge is 0.511 e. The Kier molecular flexibility index (Phi) is 12.8. The summed E-state index contributed by atoms with van der Waals surface area (Å²) in [5.74, 6) is -1.23. The number of nitrogens with one attached hydrogen (secondary N) is 3. The molecule has 1 aliphatic heterocycles. The Labute approximate surface area is 281 Å². The number of imide groups is 1. The molecule has 15 heteroatoms. The quantitative estimate of drug-likeness (QED) is 0.222. The van der Waals surface area contributed by atoms with Crippen LogP contribution in [0.3, 0.4) is 0 Å². The molecule has 0 spiro atoms. The summed E-state index contributed by atoms with van der Waals surface area (Å²) in [5.41, 5.74) is 2.29. The molecule has 5 amide bonds. The number of esters is 1. The van der Waals surface area contributed by atoms with E-state index in [0.717, 1.165) is 43.2 Å². The van der Waals surface area contributed by atoms with Gasteiger partial charge in [-0.1, -0.05) is 25.5 Å². The molecule has 2 fully saturated rings. The Morgan fingerprint density at radius 1 is 0.958 bits per heavy atom. The predicted octanol–water partition coefficient (Wildman–Crippen LogP) is 4.43. The normalized spacial score (nSPS) is 20.9. The fourth-order valence-corrected chi connectivity index (χ4v) is 7.16. The van der Waals surface area contributed by atoms with Gasteiger partial charge in [0.2, 0.25) is 6.29 Å². The molecule has 2 saturated carbocycles. The van der Waals surface area contributed by atoms with E-state index < -0.39 is 46.4 Å². The molecule has 3 N–H and O–H groups in total. The van der Waals surface area contributed by atoms with Gasteiger partial charge in [0.15, 0.2) is 0 Å². The van der Waals surface area contributed by atoms with Gasteiger partial charge in [0.1, 0.15) is 6.10 Å². The molecule has 1 atom stereocenters. The van der Waals surface area contributed by atoms with Crippen molar-refractivity contribution >= 4 is 40.1 Å². The van der Waals surface area contributed by atoms with Crippen LogP contribution in [0.4, 0.5) is 14.4 Å². The number of sulfonamides is 1. The Hall–Kier alpha value is -4.14. The van der Waals surface area contributed by atoms with Gasteiger partial charge in [-0.05, 0) is 94.4 Å². The summed E-state index contributed by atoms with van der Waals surface area (Å²) in [6.07, 6.45) is 5.22. The van der Waals surface area contributed by atoms with Crippen LogP contribution in [0.15, 0.2) is 40.3 Å². The van der Waals surface area contributed by atoms with Gasteiger partial charge in [-0.15, -0.1) is 0 Å². The van der Waals surface area contributed by atoms with Gasteiger partial charge < -0.3 is 24.8 Å². The van der Waals surface area contributed by atoms with E-state index >= 15 is 0 Å². The molecule has 264 valence electrons. The highest BCUT2D eigenvalue weighted by Gasteiger charge is 2.32. The highest BCUT2D eigenvalue weighted by Crippen LogP contribution is 2.27. The number of carbonyl (C=O) groups is 5. The first-order valence-electron chi connectivity index (χ1n) is 16.6. The van der Waals surface area contributed by atoms with E-state index in [2.05, 4.69) is 10.6 Å². The first kappa shape index (κ1) is 36.7. The van der Waals surface area contributed by atoms with Gasteiger partial charge in [0, 0.05) is 25.1 Å². The van der Waals surface area contributed by atoms with Crippen molar-refractivity contribution in [3.63, 3.8) is 0 Å². The maximum absolute atomic E-state index is 12.8. The van der Waals surface area contributed by atoms with E-state index in [9.17, 15) is 32.4 Å². The summed E-state index contributed by atoms with van der Waals surface area (Å²) in [6, 6.07) is 4.23. The fourth-order valence-electron chi connectivity index (χ4n) is 6.25. The minimum Gasteiger partial charge on any atom is -0.431 e. The first-order chi connectivity index (χ1) is 22.9. The Bertz CT molecular complexity index is 1480. The summed E-state index contributed by atoms with van der Waals surface area (Å²) >= 11 is 0. The number of ether oxygens (including phenoxy) is 3. The molecule has 0 aromatic heterocycles. The average Bonchev–Trinajstić information content (AvgIpc) is 3.34. The van der Waals surface area contributed by atoms with Gasteiger partial charge >= 0.3 is 24.2 Å². The third kappa shape index (κ3) is 10.2. The summed E-state index contributed by atoms with van der Waals surface area (Å²) < 4.78 is 43.3. The third-order valence-corrected chi connectivity index (χ3v) is 10.3. The number of hydrogen-bond acceptors (Lipinski definition) is 10. The molecular weight excluding hydrogens is 644 g/mol. The van der Waals surface area contributed by atoms with E-state index in [1.165, 1.54) is 24.0 Å². The lowest BCUT2D eigenvalue weighted by molar-refractivity contribution is -0.175. The molecule has 1 aromatic carbocycles. The summed E-state index contributed by atoms with van der Waals surface area (Å²) in [7, 11) is -4.15. The van der Waals surface area contributed by atoms with Crippen molar-refractivity contribution in [1.82, 2.24) is 20.3 Å². The maximum atomic E-state index is 12.8. The van der Waals surface area contributed by atoms with Crippen molar-refractivity contribution < 1.29 is 46.6 Å². The lowest BCUT2D eigenvalue weighted by atomic mass is 9.86. The average molecular weight is 691 g/mol. The predicted molar refractivity (Wildman–Crippen MR) is 173 cm³/mol. The lowest BCUT2D eigenvalue weighted by Gasteiger charge is -2.28. The van der Waals surface area contributed by atoms with Crippen LogP contribution in [-0.2, 0) is 40.2 Å². The minimum absolute atomic E-state index is 0.104. The van der Waals surface area contributed by atoms with Crippen molar-refractivity contribution in [3.05, 3.63) is 41.0 Å². The second-order valence-corrected chi connectivity index (χ2v) is 14.2. The van der Waals surface area contributed by atoms with Crippen molar-refractivity contribution in [2.75, 3.05) is 13.1 Å². The zero-order chi connectivity index (χ0) is 34.8. The molecule has 2 aliphatic carbocycles. The van der Waals surface area contributed by atoms with Gasteiger partial charge in [0.25, 0.3) is 15.9 Å². The van der Waals surface area contributed by atoms with Crippen LogP contribution in [0.1, 0.15) is 90.5 Å². The highest BCUT2D eigenvalue weighted by atomic mass is 32.2. The minimum atomic E-state index is -4.15. The van der Waals surface area contributed by atoms with Crippen molar-refractivity contribution in [1.29, 1.82) is 0 Å². The Morgan fingerprint density at radius 2 is 1.62 bits per heavy atom. The molecule has 1 heterocycles. The van der Waals surface area contributed by atoms with E-state index in [-0.39, 0.29) is 36.0 Å². The van der Waals surface area contributed by atoms with E-state index in [4.69, 9.17) is 14.2 Å². The van der Waals surface area contributed by atoms with Gasteiger partial charge in [-0.25, -0.2) is 27.5 Å². The van der Waals surface area contributed by atoms with Gasteiger partial charge in [0.05, 0.1) is 17.4 Å². The van der Waals surface area contributed by atoms with E-state index in [1.54, 1.807) is 12.1 Å². The monoisotopic (exact) mass is 690 g/mol. The maximum Gasteiger partial charge on any atom is 0.511 e. The van der Waals surface area contributed by atoms with Crippen molar-refractivity contribution in [2.45, 2.75) is 115 Å². The second kappa shape index (κ2) is 16.8. The zero-order valence-electron chi connectivity index (χ0n) is 27.7. The van der Waals surface area contributed by atoms with E-state index in [1.807, 2.05) is 18.6 Å². The molecule has 0 saturated heterocycles. The summed E-state index contributed by atoms with van der Waals surface area (Å²) in [5, 5.41) is 5.38. The van der Waals surface area contributed by atoms with E-state index in [0.29, 0.717) is 44.1 Å². The number of nitrogens with zero attached hydrogens (tertiary/aromatic N) is 1. The first-order valence-corrected chi connectivity index (χ1v) is 18.1. The number of carbonyl (C=O) groups excluding carboxylic acids is 5. The molecule has 4 rings (SSSR count). The molecule has 0 bridgehead atoms. The molecule has 1 unspecified atom stereocenters. The standard InChI is InChI=1S/C33H46N4O10S/c1-4-28-21(2)20-37(29(28)38)32(41)34-19-18-23-10-16-27(17-11-23)48(43,44)36-31(40)35-25-14-12-24(13-15-25)30(39)45-22(3)46-33(42)47-26-8-6-5-7-9-26/h10-11,16-17,22,24-26H,4-9,12-15,18-20H2,1-3H3,(H,34,41)(H2,35,36,40). The smallest absolute Gasteiger partial charge is 0.431 e. The second-order valence-electron chi connectivity index (χ2n) is 12.5. The molecule has 1 aromatic rings. The number of hydrogen-bond donors (Lipinski definition) is 3. The SMILES string of the molecule is CCC1=C(C)CN(C(=O)NCCc2ccc(S(=O)(=O)NC(=O)NC3CCC(C(=O)OC(C)OC(=O)OC4CCCCC4)CC3)cc2)C1=O. The molecule has 48 heavy (non-hydrogen) atoms. The Morgan fingerprint density at radius 3 is 2.25 bits per heavy atom. The van der Waals surface area contributed by atoms with Crippen molar-refractivity contribution in [2.24, 2.45) is 5.92 Å². The van der Waals surface area contributed by atoms with Crippen LogP contribution in [0.2, 0.25) is 0 Å². The zero-order valence-corrected chi connectivity index (χ0v) is 28.6. The van der Waals surface area contributed by atoms with Gasteiger partial charge in [-0.2, -0.15) is 0 Å². The summed E-state index contributed by atoms with van der Waals surface area (Å²) in [6.45, 7) is 5.68. The number of amides is 5. The highest BCUT2D eigenvalue weighted by molar-refractivity contribution is 7.90. The van der Waals surface area contributed by atoms with Gasteiger partial charge in [-0.3, -0.25) is 14.5 Å². The molecular formula is C33H46N4O10S. The summed E-state index contributed by atoms with van der Waals surface area (Å²) in [4.78, 5) is 63.0. The molecule has 14 nitrogen and oxygen atoms in total. The number of urea groups is 2. The van der Waals surface area contributed by atoms with Crippen LogP contribution in [0.25, 0.3) is 0 Å². The van der Waals surface area contributed by atoms with Crippen LogP contribution in [0.5, 0.6) is 0 Å². The van der Waals surface area contributed by atoms with Crippen LogP contribution < -0.4 is 15.4 Å². The van der Waals surface area contributed by atoms with Crippen LogP contribution in [-0.4, -0.2) is 74.9 Å². The Balaban J connectivity index is 1.14. The number of rotatable bonds is 11. The fraction of sp³-hybridized carbons (Fsp3) is 0.606. The van der Waals surface area contributed by atoms with Crippen molar-refractivity contribution in [3.8, 4) is 0 Å².